The normalized spacial score (nSPS) is 10.1. The van der Waals surface area contributed by atoms with E-state index in [1.165, 1.54) is 0 Å². The molecule has 0 amide bonds. The van der Waals surface area contributed by atoms with Crippen LogP contribution in [0.2, 0.25) is 0 Å². The molecular formula is C13H14BrN3O. The Morgan fingerprint density at radius 3 is 2.67 bits per heavy atom. The van der Waals surface area contributed by atoms with E-state index in [1.807, 2.05) is 30.3 Å². The van der Waals surface area contributed by atoms with Crippen LogP contribution in [-0.4, -0.2) is 12.1 Å². The number of ether oxygens (including phenoxy) is 1. The van der Waals surface area contributed by atoms with Gasteiger partial charge in [0.2, 0.25) is 0 Å². The zero-order valence-electron chi connectivity index (χ0n) is 9.98. The van der Waals surface area contributed by atoms with Crippen molar-refractivity contribution in [3.63, 3.8) is 0 Å². The number of hydrogen-bond acceptors (Lipinski definition) is 4. The van der Waals surface area contributed by atoms with Crippen molar-refractivity contribution in [1.29, 1.82) is 0 Å². The summed E-state index contributed by atoms with van der Waals surface area (Å²) in [5.74, 6) is 1.63. The summed E-state index contributed by atoms with van der Waals surface area (Å²) in [4.78, 5) is 4.22. The van der Waals surface area contributed by atoms with Gasteiger partial charge in [0.1, 0.15) is 11.6 Å². The highest BCUT2D eigenvalue weighted by molar-refractivity contribution is 9.10. The van der Waals surface area contributed by atoms with E-state index in [0.29, 0.717) is 12.2 Å². The first-order valence-electron chi connectivity index (χ1n) is 5.47. The molecule has 18 heavy (non-hydrogen) atoms. The van der Waals surface area contributed by atoms with Crippen molar-refractivity contribution in [2.45, 2.75) is 6.54 Å². The second-order valence-corrected chi connectivity index (χ2v) is 4.66. The molecule has 0 aliphatic carbocycles. The lowest BCUT2D eigenvalue weighted by Gasteiger charge is -2.08. The SMILES string of the molecule is COc1ccc(CNc2ncc(N)cc2Br)cc1. The molecule has 94 valence electrons. The van der Waals surface area contributed by atoms with Gasteiger partial charge in [-0.15, -0.1) is 0 Å². The number of nitrogen functional groups attached to an aromatic ring is 1. The molecule has 2 rings (SSSR count). The van der Waals surface area contributed by atoms with Crippen LogP contribution in [0.5, 0.6) is 5.75 Å². The number of hydrogen-bond donors (Lipinski definition) is 2. The van der Waals surface area contributed by atoms with Gasteiger partial charge in [0.25, 0.3) is 0 Å². The van der Waals surface area contributed by atoms with E-state index in [-0.39, 0.29) is 0 Å². The minimum Gasteiger partial charge on any atom is -0.497 e. The summed E-state index contributed by atoms with van der Waals surface area (Å²) >= 11 is 3.42. The summed E-state index contributed by atoms with van der Waals surface area (Å²) in [5.41, 5.74) is 7.42. The third-order valence-electron chi connectivity index (χ3n) is 2.48. The quantitative estimate of drug-likeness (QED) is 0.911. The minimum atomic E-state index is 0.636. The van der Waals surface area contributed by atoms with E-state index in [0.717, 1.165) is 21.6 Å². The highest BCUT2D eigenvalue weighted by Crippen LogP contribution is 2.22. The third kappa shape index (κ3) is 3.13. The van der Waals surface area contributed by atoms with Gasteiger partial charge in [-0.05, 0) is 39.7 Å². The average molecular weight is 308 g/mol. The first-order chi connectivity index (χ1) is 8.69. The zero-order valence-corrected chi connectivity index (χ0v) is 11.6. The van der Waals surface area contributed by atoms with Crippen molar-refractivity contribution in [3.8, 4) is 5.75 Å². The fourth-order valence-corrected chi connectivity index (χ4v) is 2.02. The van der Waals surface area contributed by atoms with Crippen LogP contribution in [0, 0.1) is 0 Å². The van der Waals surface area contributed by atoms with Gasteiger partial charge in [0.15, 0.2) is 0 Å². The highest BCUT2D eigenvalue weighted by atomic mass is 79.9. The van der Waals surface area contributed by atoms with Crippen LogP contribution in [0.25, 0.3) is 0 Å². The molecule has 1 aromatic carbocycles. The maximum Gasteiger partial charge on any atom is 0.140 e. The summed E-state index contributed by atoms with van der Waals surface area (Å²) < 4.78 is 5.97. The summed E-state index contributed by atoms with van der Waals surface area (Å²) in [7, 11) is 1.66. The minimum absolute atomic E-state index is 0.636. The number of pyridine rings is 1. The van der Waals surface area contributed by atoms with E-state index >= 15 is 0 Å². The Labute approximate surface area is 114 Å². The molecule has 2 aromatic rings. The van der Waals surface area contributed by atoms with Gasteiger partial charge in [0.05, 0.1) is 23.5 Å². The Hall–Kier alpha value is -1.75. The average Bonchev–Trinajstić information content (AvgIpc) is 2.38. The number of nitrogens with two attached hydrogens (primary N) is 1. The van der Waals surface area contributed by atoms with Gasteiger partial charge in [-0.3, -0.25) is 0 Å². The van der Waals surface area contributed by atoms with Crippen LogP contribution in [0.15, 0.2) is 41.0 Å². The van der Waals surface area contributed by atoms with Crippen LogP contribution >= 0.6 is 15.9 Å². The smallest absolute Gasteiger partial charge is 0.140 e. The number of nitrogens with one attached hydrogen (secondary N) is 1. The molecule has 4 nitrogen and oxygen atoms in total. The molecule has 0 saturated heterocycles. The van der Waals surface area contributed by atoms with Crippen molar-refractivity contribution in [1.82, 2.24) is 4.98 Å². The fourth-order valence-electron chi connectivity index (χ4n) is 1.51. The van der Waals surface area contributed by atoms with E-state index in [1.54, 1.807) is 13.3 Å². The molecule has 0 fully saturated rings. The number of benzene rings is 1. The van der Waals surface area contributed by atoms with Crippen LogP contribution < -0.4 is 15.8 Å². The second kappa shape index (κ2) is 5.73. The van der Waals surface area contributed by atoms with Crippen LogP contribution in [0.4, 0.5) is 11.5 Å². The Morgan fingerprint density at radius 1 is 1.33 bits per heavy atom. The first-order valence-corrected chi connectivity index (χ1v) is 6.26. The van der Waals surface area contributed by atoms with Gasteiger partial charge in [0, 0.05) is 6.54 Å². The lowest BCUT2D eigenvalue weighted by Crippen LogP contribution is -2.02. The number of anilines is 2. The lowest BCUT2D eigenvalue weighted by atomic mass is 10.2. The Bertz CT molecular complexity index is 528. The van der Waals surface area contributed by atoms with E-state index in [4.69, 9.17) is 10.5 Å². The molecule has 0 aliphatic heterocycles. The predicted molar refractivity (Wildman–Crippen MR) is 76.7 cm³/mol. The molecule has 0 unspecified atom stereocenters. The third-order valence-corrected chi connectivity index (χ3v) is 3.09. The standard InChI is InChI=1S/C13H14BrN3O/c1-18-11-4-2-9(3-5-11)7-16-13-12(14)6-10(15)8-17-13/h2-6,8H,7,15H2,1H3,(H,16,17). The maximum absolute atomic E-state index is 5.63. The Kier molecular flexibility index (Phi) is 4.04. The molecule has 0 aliphatic rings. The summed E-state index contributed by atoms with van der Waals surface area (Å²) in [6.45, 7) is 0.694. The summed E-state index contributed by atoms with van der Waals surface area (Å²) in [6, 6.07) is 9.71. The lowest BCUT2D eigenvalue weighted by molar-refractivity contribution is 0.414. The fraction of sp³-hybridized carbons (Fsp3) is 0.154. The van der Waals surface area contributed by atoms with Crippen molar-refractivity contribution < 1.29 is 4.74 Å². The van der Waals surface area contributed by atoms with Crippen LogP contribution in [0.1, 0.15) is 5.56 Å². The Morgan fingerprint density at radius 2 is 2.06 bits per heavy atom. The molecule has 0 atom stereocenters. The number of nitrogens with zero attached hydrogens (tertiary/aromatic N) is 1. The number of halogens is 1. The van der Waals surface area contributed by atoms with E-state index in [9.17, 15) is 0 Å². The van der Waals surface area contributed by atoms with Gasteiger partial charge in [-0.25, -0.2) is 4.98 Å². The molecule has 3 N–H and O–H groups in total. The van der Waals surface area contributed by atoms with Gasteiger partial charge in [-0.2, -0.15) is 0 Å². The first kappa shape index (κ1) is 12.7. The molecular weight excluding hydrogens is 294 g/mol. The number of aromatic nitrogens is 1. The van der Waals surface area contributed by atoms with Gasteiger partial charge < -0.3 is 15.8 Å². The van der Waals surface area contributed by atoms with Crippen LogP contribution in [0.3, 0.4) is 0 Å². The molecule has 0 spiro atoms. The van der Waals surface area contributed by atoms with Crippen molar-refractivity contribution in [2.75, 3.05) is 18.2 Å². The van der Waals surface area contributed by atoms with Crippen molar-refractivity contribution >= 4 is 27.4 Å². The molecule has 1 aromatic heterocycles. The topological polar surface area (TPSA) is 60.2 Å². The molecule has 0 bridgehead atoms. The molecule has 0 saturated carbocycles. The maximum atomic E-state index is 5.63. The summed E-state index contributed by atoms with van der Waals surface area (Å²) in [6.07, 6.45) is 1.63. The Balaban J connectivity index is 2.02. The highest BCUT2D eigenvalue weighted by Gasteiger charge is 2.01. The molecule has 1 heterocycles. The van der Waals surface area contributed by atoms with E-state index < -0.39 is 0 Å². The second-order valence-electron chi connectivity index (χ2n) is 3.80. The van der Waals surface area contributed by atoms with Gasteiger partial charge >= 0.3 is 0 Å². The molecule has 5 heteroatoms. The number of methoxy groups -OCH3 is 1. The van der Waals surface area contributed by atoms with Gasteiger partial charge in [-0.1, -0.05) is 12.1 Å². The monoisotopic (exact) mass is 307 g/mol. The predicted octanol–water partition coefficient (Wildman–Crippen LogP) is 3.05. The van der Waals surface area contributed by atoms with Crippen LogP contribution in [-0.2, 0) is 6.54 Å². The largest absolute Gasteiger partial charge is 0.497 e. The molecule has 0 radical (unpaired) electrons. The van der Waals surface area contributed by atoms with E-state index in [2.05, 4.69) is 26.2 Å². The van der Waals surface area contributed by atoms with Crippen molar-refractivity contribution in [3.05, 3.63) is 46.6 Å². The summed E-state index contributed by atoms with van der Waals surface area (Å²) in [5, 5.41) is 3.24. The number of rotatable bonds is 4. The van der Waals surface area contributed by atoms with Crippen molar-refractivity contribution in [2.24, 2.45) is 0 Å². The zero-order chi connectivity index (χ0) is 13.0.